The van der Waals surface area contributed by atoms with Crippen LogP contribution >= 0.6 is 0 Å². The summed E-state index contributed by atoms with van der Waals surface area (Å²) in [6.45, 7) is 5.11. The Bertz CT molecular complexity index is 1080. The summed E-state index contributed by atoms with van der Waals surface area (Å²) in [5, 5.41) is 10.8. The molecule has 9 nitrogen and oxygen atoms in total. The average Bonchev–Trinajstić information content (AvgIpc) is 3.34. The van der Waals surface area contributed by atoms with E-state index in [1.54, 1.807) is 18.2 Å². The van der Waals surface area contributed by atoms with Crippen LogP contribution in [-0.4, -0.2) is 52.1 Å². The minimum absolute atomic E-state index is 0.0791. The number of sulfonamides is 1. The maximum atomic E-state index is 13.5. The lowest BCUT2D eigenvalue weighted by molar-refractivity contribution is 0.0126. The third-order valence-electron chi connectivity index (χ3n) is 6.13. The first-order chi connectivity index (χ1) is 16.6. The van der Waals surface area contributed by atoms with Crippen molar-refractivity contribution in [3.8, 4) is 0 Å². The summed E-state index contributed by atoms with van der Waals surface area (Å²) in [6.07, 6.45) is -0.626. The largest absolute Gasteiger partial charge is 0.447 e. The summed E-state index contributed by atoms with van der Waals surface area (Å²) < 4.78 is 38.9. The third-order valence-corrected chi connectivity index (χ3v) is 7.94. The Balaban J connectivity index is 1.90. The van der Waals surface area contributed by atoms with Gasteiger partial charge >= 0.3 is 6.09 Å². The second kappa shape index (κ2) is 11.7. The third kappa shape index (κ3) is 7.09. The Hall–Kier alpha value is -2.82. The first kappa shape index (κ1) is 26.8. The molecular formula is C25H35N3O6S. The number of hydrogen-bond donors (Lipinski definition) is 3. The highest BCUT2D eigenvalue weighted by molar-refractivity contribution is 7.92. The van der Waals surface area contributed by atoms with Crippen LogP contribution in [0.3, 0.4) is 0 Å². The Kier molecular flexibility index (Phi) is 8.98. The monoisotopic (exact) mass is 505 g/mol. The van der Waals surface area contributed by atoms with E-state index in [1.165, 1.54) is 16.4 Å². The van der Waals surface area contributed by atoms with Crippen molar-refractivity contribution >= 4 is 27.5 Å². The summed E-state index contributed by atoms with van der Waals surface area (Å²) in [4.78, 5) is 11.2. The fourth-order valence-electron chi connectivity index (χ4n) is 4.35. The van der Waals surface area contributed by atoms with Gasteiger partial charge in [0.05, 0.1) is 16.7 Å². The summed E-state index contributed by atoms with van der Waals surface area (Å²) in [5.41, 5.74) is 12.7. The number of anilines is 2. The molecule has 1 saturated heterocycles. The Morgan fingerprint density at radius 1 is 1.23 bits per heavy atom. The standard InChI is InChI=1S/C25H35N3O6S/c1-17(2)14-28(35(31,32)22-8-6-20(26)7-9-22)21-5-3-4-18(12-21)13-23(19-10-11-33-15-19)24(29)16-34-25(27)30/h3-9,12,17,19,23-24,29H,10-11,13-16,26H2,1-2H3,(H2,27,30). The lowest BCUT2D eigenvalue weighted by atomic mass is 9.82. The molecule has 1 heterocycles. The van der Waals surface area contributed by atoms with Crippen LogP contribution in [-0.2, 0) is 25.9 Å². The van der Waals surface area contributed by atoms with E-state index >= 15 is 0 Å². The number of hydrogen-bond acceptors (Lipinski definition) is 7. The molecule has 1 fully saturated rings. The molecule has 2 aromatic rings. The van der Waals surface area contributed by atoms with Crippen LogP contribution in [0.25, 0.3) is 0 Å². The number of primary amides is 1. The lowest BCUT2D eigenvalue weighted by Crippen LogP contribution is -2.36. The van der Waals surface area contributed by atoms with E-state index in [9.17, 15) is 18.3 Å². The number of nitrogens with zero attached hydrogens (tertiary/aromatic N) is 1. The maximum Gasteiger partial charge on any atom is 0.404 e. The van der Waals surface area contributed by atoms with Crippen LogP contribution in [0, 0.1) is 17.8 Å². The van der Waals surface area contributed by atoms with Crippen LogP contribution in [0.5, 0.6) is 0 Å². The van der Waals surface area contributed by atoms with Crippen molar-refractivity contribution in [1.29, 1.82) is 0 Å². The molecule has 10 heteroatoms. The molecule has 5 N–H and O–H groups in total. The number of rotatable bonds is 11. The smallest absolute Gasteiger partial charge is 0.404 e. The minimum Gasteiger partial charge on any atom is -0.447 e. The van der Waals surface area contributed by atoms with Gasteiger partial charge in [-0.25, -0.2) is 13.2 Å². The fourth-order valence-corrected chi connectivity index (χ4v) is 5.97. The quantitative estimate of drug-likeness (QED) is 0.398. The van der Waals surface area contributed by atoms with Crippen molar-refractivity contribution in [2.45, 2.75) is 37.7 Å². The number of carbonyl (C=O) groups is 1. The molecule has 192 valence electrons. The molecule has 0 aromatic heterocycles. The van der Waals surface area contributed by atoms with Crippen LogP contribution in [0.4, 0.5) is 16.2 Å². The van der Waals surface area contributed by atoms with Crippen LogP contribution in [0.2, 0.25) is 0 Å². The van der Waals surface area contributed by atoms with Gasteiger partial charge < -0.3 is 26.0 Å². The molecule has 0 saturated carbocycles. The molecule has 0 radical (unpaired) electrons. The highest BCUT2D eigenvalue weighted by Crippen LogP contribution is 2.31. The number of benzene rings is 2. The van der Waals surface area contributed by atoms with Gasteiger partial charge in [0.1, 0.15) is 6.61 Å². The molecule has 0 aliphatic carbocycles. The SMILES string of the molecule is CC(C)CN(c1cccc(CC(C(O)COC(N)=O)C2CCOC2)c1)S(=O)(=O)c1ccc(N)cc1. The molecule has 2 aromatic carbocycles. The molecule has 0 bridgehead atoms. The minimum atomic E-state index is -3.82. The Morgan fingerprint density at radius 2 is 1.94 bits per heavy atom. The van der Waals surface area contributed by atoms with Crippen molar-refractivity contribution in [3.63, 3.8) is 0 Å². The topological polar surface area (TPSA) is 145 Å². The predicted molar refractivity (Wildman–Crippen MR) is 134 cm³/mol. The number of amides is 1. The summed E-state index contributed by atoms with van der Waals surface area (Å²) >= 11 is 0. The van der Waals surface area contributed by atoms with Gasteiger partial charge in [0, 0.05) is 25.4 Å². The van der Waals surface area contributed by atoms with E-state index in [0.29, 0.717) is 37.6 Å². The van der Waals surface area contributed by atoms with Gasteiger partial charge in [0.25, 0.3) is 10.0 Å². The molecule has 3 rings (SSSR count). The fraction of sp³-hybridized carbons (Fsp3) is 0.480. The summed E-state index contributed by atoms with van der Waals surface area (Å²) in [5.74, 6) is -0.0897. The maximum absolute atomic E-state index is 13.5. The molecular weight excluding hydrogens is 470 g/mol. The second-order valence-electron chi connectivity index (χ2n) is 9.36. The van der Waals surface area contributed by atoms with Gasteiger partial charge in [-0.2, -0.15) is 0 Å². The lowest BCUT2D eigenvalue weighted by Gasteiger charge is -2.29. The highest BCUT2D eigenvalue weighted by atomic mass is 32.2. The van der Waals surface area contributed by atoms with E-state index in [0.717, 1.165) is 12.0 Å². The van der Waals surface area contributed by atoms with E-state index in [-0.39, 0.29) is 29.3 Å². The first-order valence-corrected chi connectivity index (χ1v) is 13.2. The molecule has 3 unspecified atom stereocenters. The highest BCUT2D eigenvalue weighted by Gasteiger charge is 2.33. The van der Waals surface area contributed by atoms with E-state index in [4.69, 9.17) is 20.9 Å². The number of carbonyl (C=O) groups excluding carboxylic acids is 1. The van der Waals surface area contributed by atoms with Crippen molar-refractivity contribution in [3.05, 3.63) is 54.1 Å². The molecule has 3 atom stereocenters. The number of ether oxygens (including phenoxy) is 2. The van der Waals surface area contributed by atoms with Gasteiger partial charge in [-0.05, 0) is 72.6 Å². The zero-order valence-electron chi connectivity index (χ0n) is 20.2. The van der Waals surface area contributed by atoms with Crippen molar-refractivity contribution < 1.29 is 27.8 Å². The zero-order chi connectivity index (χ0) is 25.6. The van der Waals surface area contributed by atoms with Gasteiger partial charge in [-0.15, -0.1) is 0 Å². The van der Waals surface area contributed by atoms with E-state index in [2.05, 4.69) is 0 Å². The molecule has 0 spiro atoms. The van der Waals surface area contributed by atoms with Gasteiger partial charge in [-0.3, -0.25) is 4.31 Å². The molecule has 1 amide bonds. The molecule has 1 aliphatic heterocycles. The van der Waals surface area contributed by atoms with Crippen molar-refractivity contribution in [2.24, 2.45) is 23.5 Å². The summed E-state index contributed by atoms with van der Waals surface area (Å²) in [6, 6.07) is 13.5. The van der Waals surface area contributed by atoms with Crippen LogP contribution in [0.15, 0.2) is 53.4 Å². The number of nitrogen functional groups attached to an aromatic ring is 1. The number of aliphatic hydroxyl groups is 1. The molecule has 35 heavy (non-hydrogen) atoms. The van der Waals surface area contributed by atoms with Crippen molar-refractivity contribution in [2.75, 3.05) is 36.4 Å². The number of aliphatic hydroxyl groups excluding tert-OH is 1. The van der Waals surface area contributed by atoms with Gasteiger partial charge in [0.15, 0.2) is 0 Å². The molecule has 1 aliphatic rings. The van der Waals surface area contributed by atoms with Crippen LogP contribution in [0.1, 0.15) is 25.8 Å². The van der Waals surface area contributed by atoms with Gasteiger partial charge in [0.2, 0.25) is 0 Å². The van der Waals surface area contributed by atoms with Gasteiger partial charge in [-0.1, -0.05) is 26.0 Å². The zero-order valence-corrected chi connectivity index (χ0v) is 21.0. The number of nitrogens with two attached hydrogens (primary N) is 2. The Labute approximate surface area is 207 Å². The second-order valence-corrected chi connectivity index (χ2v) is 11.2. The van der Waals surface area contributed by atoms with E-state index < -0.39 is 22.2 Å². The average molecular weight is 506 g/mol. The van der Waals surface area contributed by atoms with Crippen molar-refractivity contribution in [1.82, 2.24) is 0 Å². The normalized spacial score (nSPS) is 17.8. The van der Waals surface area contributed by atoms with Crippen LogP contribution < -0.4 is 15.8 Å². The Morgan fingerprint density at radius 3 is 2.54 bits per heavy atom. The van der Waals surface area contributed by atoms with E-state index in [1.807, 2.05) is 32.0 Å². The predicted octanol–water partition coefficient (Wildman–Crippen LogP) is 2.77. The first-order valence-electron chi connectivity index (χ1n) is 11.7. The summed E-state index contributed by atoms with van der Waals surface area (Å²) in [7, 11) is -3.82.